The molecule has 2 amide bonds. The van der Waals surface area contributed by atoms with Gasteiger partial charge in [-0.25, -0.2) is 24.1 Å². The van der Waals surface area contributed by atoms with Crippen LogP contribution in [0.5, 0.6) is 5.75 Å². The van der Waals surface area contributed by atoms with Crippen LogP contribution in [0.25, 0.3) is 5.95 Å². The van der Waals surface area contributed by atoms with Crippen molar-refractivity contribution < 1.29 is 27.1 Å². The molecular formula is C16H12BrF4N7O2. The Morgan fingerprint density at radius 2 is 1.93 bits per heavy atom. The van der Waals surface area contributed by atoms with E-state index in [2.05, 4.69) is 51.4 Å². The second-order valence-corrected chi connectivity index (χ2v) is 6.56. The Balaban J connectivity index is 1.74. The number of carbonyl (C=O) groups excluding carboxylic acids is 1. The van der Waals surface area contributed by atoms with Gasteiger partial charge < -0.3 is 15.4 Å². The minimum Gasteiger partial charge on any atom is -0.403 e. The van der Waals surface area contributed by atoms with Gasteiger partial charge in [0.15, 0.2) is 17.4 Å². The molecule has 0 radical (unpaired) electrons. The Labute approximate surface area is 174 Å². The summed E-state index contributed by atoms with van der Waals surface area (Å²) in [6.45, 7) is 1.60. The lowest BCUT2D eigenvalue weighted by Crippen LogP contribution is -2.33. The first-order valence-electron chi connectivity index (χ1n) is 8.13. The molecular weight excluding hydrogens is 478 g/mol. The van der Waals surface area contributed by atoms with Crippen molar-refractivity contribution in [3.8, 4) is 11.7 Å². The third-order valence-electron chi connectivity index (χ3n) is 3.55. The topological polar surface area (TPSA) is 107 Å². The molecule has 2 heterocycles. The highest BCUT2D eigenvalue weighted by molar-refractivity contribution is 9.10. The molecule has 2 aromatic heterocycles. The maximum atomic E-state index is 13.7. The lowest BCUT2D eigenvalue weighted by molar-refractivity contribution is -0.275. The first kappa shape index (κ1) is 21.4. The molecule has 9 nitrogen and oxygen atoms in total. The van der Waals surface area contributed by atoms with Crippen LogP contribution in [0.15, 0.2) is 41.4 Å². The van der Waals surface area contributed by atoms with Crippen molar-refractivity contribution >= 4 is 27.6 Å². The molecule has 1 atom stereocenters. The number of ether oxygens (including phenoxy) is 1. The first-order valence-corrected chi connectivity index (χ1v) is 8.93. The summed E-state index contributed by atoms with van der Waals surface area (Å²) in [5.41, 5.74) is -0.145. The van der Waals surface area contributed by atoms with Crippen LogP contribution in [0, 0.1) is 5.82 Å². The molecule has 0 aliphatic carbocycles. The number of hydrogen-bond acceptors (Lipinski definition) is 6. The van der Waals surface area contributed by atoms with Crippen LogP contribution in [0.4, 0.5) is 28.0 Å². The molecule has 14 heteroatoms. The fourth-order valence-electron chi connectivity index (χ4n) is 2.35. The van der Waals surface area contributed by atoms with Crippen LogP contribution in [-0.4, -0.2) is 37.1 Å². The highest BCUT2D eigenvalue weighted by Gasteiger charge is 2.33. The van der Waals surface area contributed by atoms with Gasteiger partial charge in [0.2, 0.25) is 0 Å². The minimum atomic E-state index is -5.09. The Kier molecular flexibility index (Phi) is 6.14. The van der Waals surface area contributed by atoms with Gasteiger partial charge in [-0.1, -0.05) is 0 Å². The van der Waals surface area contributed by atoms with Crippen molar-refractivity contribution in [2.75, 3.05) is 5.32 Å². The number of rotatable bonds is 5. The fraction of sp³-hybridized carbons (Fsp3) is 0.188. The molecule has 0 aliphatic heterocycles. The van der Waals surface area contributed by atoms with E-state index in [0.29, 0.717) is 11.9 Å². The summed E-state index contributed by atoms with van der Waals surface area (Å²) in [5.74, 6) is -1.81. The lowest BCUT2D eigenvalue weighted by atomic mass is 10.3. The molecule has 0 bridgehead atoms. The Hall–Kier alpha value is -3.29. The third-order valence-corrected chi connectivity index (χ3v) is 4.20. The number of alkyl halides is 3. The van der Waals surface area contributed by atoms with Gasteiger partial charge in [-0.3, -0.25) is 0 Å². The van der Waals surface area contributed by atoms with Gasteiger partial charge >= 0.3 is 12.4 Å². The molecule has 0 saturated carbocycles. The quantitative estimate of drug-likeness (QED) is 0.528. The van der Waals surface area contributed by atoms with Crippen molar-refractivity contribution in [1.29, 1.82) is 0 Å². The number of halogens is 5. The minimum absolute atomic E-state index is 0.0122. The van der Waals surface area contributed by atoms with E-state index in [-0.39, 0.29) is 16.1 Å². The summed E-state index contributed by atoms with van der Waals surface area (Å²) in [7, 11) is 0. The van der Waals surface area contributed by atoms with E-state index in [4.69, 9.17) is 0 Å². The maximum absolute atomic E-state index is 13.7. The van der Waals surface area contributed by atoms with Crippen LogP contribution in [0.2, 0.25) is 0 Å². The molecule has 0 saturated heterocycles. The first-order chi connectivity index (χ1) is 14.1. The summed E-state index contributed by atoms with van der Waals surface area (Å²) < 4.78 is 55.8. The molecule has 2 N–H and O–H groups in total. The van der Waals surface area contributed by atoms with Gasteiger partial charge in [-0.05, 0) is 35.0 Å². The Morgan fingerprint density at radius 3 is 2.60 bits per heavy atom. The number of aromatic nitrogens is 5. The monoisotopic (exact) mass is 489 g/mol. The van der Waals surface area contributed by atoms with Gasteiger partial charge in [0.25, 0.3) is 5.95 Å². The van der Waals surface area contributed by atoms with Gasteiger partial charge in [0.05, 0.1) is 11.7 Å². The predicted molar refractivity (Wildman–Crippen MR) is 98.3 cm³/mol. The van der Waals surface area contributed by atoms with Gasteiger partial charge in [0, 0.05) is 22.9 Å². The summed E-state index contributed by atoms with van der Waals surface area (Å²) in [4.78, 5) is 24.5. The van der Waals surface area contributed by atoms with Crippen LogP contribution in [0.3, 0.4) is 0 Å². The lowest BCUT2D eigenvalue weighted by Gasteiger charge is -2.16. The number of anilines is 1. The van der Waals surface area contributed by atoms with Crippen LogP contribution >= 0.6 is 15.9 Å². The van der Waals surface area contributed by atoms with Gasteiger partial charge in [0.1, 0.15) is 6.33 Å². The largest absolute Gasteiger partial charge is 0.573 e. The second-order valence-electron chi connectivity index (χ2n) is 5.71. The Bertz CT molecular complexity index is 1050. The number of hydrogen-bond donors (Lipinski definition) is 2. The SMILES string of the molecule is CC(NC(=O)Nc1cc(OC(F)(F)F)c(F)cc1Br)c1ncnn1-c1ncccn1. The number of carbonyl (C=O) groups is 1. The third kappa shape index (κ3) is 5.20. The van der Waals surface area contributed by atoms with Crippen molar-refractivity contribution in [2.45, 2.75) is 19.3 Å². The van der Waals surface area contributed by atoms with Crippen LogP contribution in [0.1, 0.15) is 18.8 Å². The van der Waals surface area contributed by atoms with E-state index in [1.54, 1.807) is 13.0 Å². The van der Waals surface area contributed by atoms with E-state index >= 15 is 0 Å². The smallest absolute Gasteiger partial charge is 0.403 e. The molecule has 0 spiro atoms. The summed E-state index contributed by atoms with van der Waals surface area (Å²) >= 11 is 2.97. The molecule has 1 aromatic carbocycles. The average molecular weight is 490 g/mol. The van der Waals surface area contributed by atoms with E-state index in [0.717, 1.165) is 6.07 Å². The van der Waals surface area contributed by atoms with Gasteiger partial charge in [-0.15, -0.1) is 13.2 Å². The molecule has 3 aromatic rings. The highest BCUT2D eigenvalue weighted by Crippen LogP contribution is 2.33. The van der Waals surface area contributed by atoms with Gasteiger partial charge in [-0.2, -0.15) is 9.78 Å². The van der Waals surface area contributed by atoms with Crippen molar-refractivity contribution in [3.05, 3.63) is 53.0 Å². The Morgan fingerprint density at radius 1 is 1.23 bits per heavy atom. The normalized spacial score (nSPS) is 12.3. The van der Waals surface area contributed by atoms with Crippen molar-refractivity contribution in [1.82, 2.24) is 30.0 Å². The molecule has 158 valence electrons. The number of nitrogens with zero attached hydrogens (tertiary/aromatic N) is 5. The standard InChI is InChI=1S/C16H12BrF4N7O2/c1-8(13-24-7-25-28(13)14-22-3-2-4-23-14)26-15(29)27-11-6-12(30-16(19,20)21)10(18)5-9(11)17/h2-8H,1H3,(H2,26,27,29). The van der Waals surface area contributed by atoms with E-state index < -0.39 is 30.0 Å². The van der Waals surface area contributed by atoms with Crippen molar-refractivity contribution in [3.63, 3.8) is 0 Å². The predicted octanol–water partition coefficient (Wildman–Crippen LogP) is 3.74. The summed E-state index contributed by atoms with van der Waals surface area (Å²) in [5, 5.41) is 8.86. The zero-order valence-corrected chi connectivity index (χ0v) is 16.6. The summed E-state index contributed by atoms with van der Waals surface area (Å²) in [6.07, 6.45) is -0.831. The highest BCUT2D eigenvalue weighted by atomic mass is 79.9. The molecule has 0 fully saturated rings. The van der Waals surface area contributed by atoms with E-state index in [9.17, 15) is 22.4 Å². The van der Waals surface area contributed by atoms with Crippen molar-refractivity contribution in [2.24, 2.45) is 0 Å². The molecule has 1 unspecified atom stereocenters. The summed E-state index contributed by atoms with van der Waals surface area (Å²) in [6, 6.07) is 1.57. The van der Waals surface area contributed by atoms with E-state index in [1.807, 2.05) is 0 Å². The number of amides is 2. The molecule has 0 aliphatic rings. The average Bonchev–Trinajstić information content (AvgIpc) is 3.15. The zero-order chi connectivity index (χ0) is 21.9. The zero-order valence-electron chi connectivity index (χ0n) is 15.0. The fourth-order valence-corrected chi connectivity index (χ4v) is 2.76. The second kappa shape index (κ2) is 8.61. The van der Waals surface area contributed by atoms with Crippen LogP contribution in [-0.2, 0) is 0 Å². The molecule has 30 heavy (non-hydrogen) atoms. The van der Waals surface area contributed by atoms with Crippen LogP contribution < -0.4 is 15.4 Å². The number of nitrogens with one attached hydrogen (secondary N) is 2. The van der Waals surface area contributed by atoms with E-state index in [1.165, 1.54) is 23.4 Å². The molecule has 3 rings (SSSR count). The number of urea groups is 1. The maximum Gasteiger partial charge on any atom is 0.573 e. The number of benzene rings is 1.